The molecule has 0 unspecified atom stereocenters. The fourth-order valence-corrected chi connectivity index (χ4v) is 2.37. The molecule has 0 aromatic carbocycles. The minimum atomic E-state index is -1.58. The molecule has 1 atom stereocenters. The summed E-state index contributed by atoms with van der Waals surface area (Å²) in [5.41, 5.74) is -0.572. The molecule has 0 spiro atoms. The highest BCUT2D eigenvalue weighted by molar-refractivity contribution is 6.05. The molecule has 5 amide bonds. The number of nitrogens with zero attached hydrogens (tertiary/aromatic N) is 3. The van der Waals surface area contributed by atoms with Gasteiger partial charge in [0.05, 0.1) is 6.20 Å². The summed E-state index contributed by atoms with van der Waals surface area (Å²) in [6.45, 7) is 8.89. The standard InChI is InChI=1S/C19H30N4O6/c1-13(2)9-10-14(24)16(25)23(29)18(27)21(12-19(3,4)5)17(26)20-15-8-6-7-11-22(15)28/h6-8,11,13-14,24,29H,9-10,12H2,1-5H3,(H,20,26)/t14-/m0/s1. The Labute approximate surface area is 170 Å². The number of anilines is 1. The smallest absolute Gasteiger partial charge is 0.417 e. The van der Waals surface area contributed by atoms with Gasteiger partial charge in [0.2, 0.25) is 0 Å². The van der Waals surface area contributed by atoms with Crippen molar-refractivity contribution in [2.45, 2.75) is 53.6 Å². The van der Waals surface area contributed by atoms with Crippen LogP contribution in [0.15, 0.2) is 24.4 Å². The molecule has 0 bridgehead atoms. The SMILES string of the molecule is CC(C)CC[C@H](O)C(=O)N(O)C(=O)N(CC(C)(C)C)C(=O)Nc1cccc[n+]1[O-]. The van der Waals surface area contributed by atoms with Crippen molar-refractivity contribution in [3.8, 4) is 0 Å². The maximum atomic E-state index is 12.6. The predicted octanol–water partition coefficient (Wildman–Crippen LogP) is 2.33. The Hall–Kier alpha value is -2.72. The Kier molecular flexibility index (Phi) is 8.53. The Morgan fingerprint density at radius 2 is 1.83 bits per heavy atom. The molecule has 1 rings (SSSR count). The van der Waals surface area contributed by atoms with Crippen molar-refractivity contribution in [3.05, 3.63) is 29.6 Å². The van der Waals surface area contributed by atoms with Gasteiger partial charge in [0.25, 0.3) is 11.7 Å². The van der Waals surface area contributed by atoms with E-state index in [9.17, 15) is 29.9 Å². The first kappa shape index (κ1) is 24.3. The average Bonchev–Trinajstić information content (AvgIpc) is 2.63. The molecule has 0 radical (unpaired) electrons. The Bertz CT molecular complexity index is 732. The highest BCUT2D eigenvalue weighted by atomic mass is 16.5. The Morgan fingerprint density at radius 1 is 1.21 bits per heavy atom. The number of hydroxylamine groups is 2. The Balaban J connectivity index is 3.00. The number of nitrogens with one attached hydrogen (secondary N) is 1. The molecule has 0 aliphatic carbocycles. The van der Waals surface area contributed by atoms with Crippen LogP contribution in [0.4, 0.5) is 15.4 Å². The largest absolute Gasteiger partial charge is 0.711 e. The van der Waals surface area contributed by atoms with Crippen LogP contribution in [0, 0.1) is 16.5 Å². The van der Waals surface area contributed by atoms with Crippen LogP contribution in [0.2, 0.25) is 0 Å². The second-order valence-corrected chi connectivity index (χ2v) is 8.41. The summed E-state index contributed by atoms with van der Waals surface area (Å²) >= 11 is 0. The summed E-state index contributed by atoms with van der Waals surface area (Å²) in [5.74, 6) is -1.13. The van der Waals surface area contributed by atoms with Crippen molar-refractivity contribution in [2.24, 2.45) is 11.3 Å². The topological polar surface area (TPSA) is 137 Å². The first-order chi connectivity index (χ1) is 13.3. The third kappa shape index (κ3) is 7.66. The number of carbonyl (C=O) groups excluding carboxylic acids is 3. The van der Waals surface area contributed by atoms with E-state index in [4.69, 9.17) is 0 Å². The summed E-state index contributed by atoms with van der Waals surface area (Å²) in [4.78, 5) is 38.1. The van der Waals surface area contributed by atoms with Crippen LogP contribution in [0.3, 0.4) is 0 Å². The van der Waals surface area contributed by atoms with Crippen molar-refractivity contribution < 1.29 is 29.4 Å². The van der Waals surface area contributed by atoms with Gasteiger partial charge in [0.1, 0.15) is 6.10 Å². The molecule has 0 aliphatic rings. The second-order valence-electron chi connectivity index (χ2n) is 8.41. The number of carbonyl (C=O) groups is 3. The summed E-state index contributed by atoms with van der Waals surface area (Å²) < 4.78 is 0.398. The zero-order valence-corrected chi connectivity index (χ0v) is 17.5. The van der Waals surface area contributed by atoms with Crippen molar-refractivity contribution in [1.82, 2.24) is 9.96 Å². The molecule has 10 nitrogen and oxygen atoms in total. The first-order valence-electron chi connectivity index (χ1n) is 9.35. The third-order valence-corrected chi connectivity index (χ3v) is 3.86. The highest BCUT2D eigenvalue weighted by Crippen LogP contribution is 2.18. The molecule has 1 aromatic heterocycles. The van der Waals surface area contributed by atoms with Gasteiger partial charge < -0.3 is 10.3 Å². The number of aromatic nitrogens is 1. The van der Waals surface area contributed by atoms with Gasteiger partial charge in [-0.3, -0.25) is 10.0 Å². The van der Waals surface area contributed by atoms with Gasteiger partial charge in [-0.1, -0.05) is 40.7 Å². The van der Waals surface area contributed by atoms with Crippen LogP contribution < -0.4 is 10.0 Å². The van der Waals surface area contributed by atoms with Crippen LogP contribution in [0.5, 0.6) is 0 Å². The van der Waals surface area contributed by atoms with Crippen LogP contribution in [0.25, 0.3) is 0 Å². The fraction of sp³-hybridized carbons (Fsp3) is 0.579. The molecule has 0 saturated carbocycles. The molecule has 0 fully saturated rings. The predicted molar refractivity (Wildman–Crippen MR) is 105 cm³/mol. The lowest BCUT2D eigenvalue weighted by Crippen LogP contribution is -2.53. The molecule has 0 saturated heterocycles. The number of aliphatic hydroxyl groups excluding tert-OH is 1. The second kappa shape index (κ2) is 10.2. The monoisotopic (exact) mass is 410 g/mol. The number of hydrogen-bond acceptors (Lipinski definition) is 6. The summed E-state index contributed by atoms with van der Waals surface area (Å²) in [6.07, 6.45) is 0.160. The Morgan fingerprint density at radius 3 is 2.34 bits per heavy atom. The lowest BCUT2D eigenvalue weighted by Gasteiger charge is -2.29. The van der Waals surface area contributed by atoms with E-state index in [-0.39, 0.29) is 29.8 Å². The van der Waals surface area contributed by atoms with Crippen molar-refractivity contribution in [3.63, 3.8) is 0 Å². The maximum Gasteiger partial charge on any atom is 0.417 e. The molecule has 10 heteroatoms. The van der Waals surface area contributed by atoms with E-state index in [1.807, 2.05) is 13.8 Å². The van der Waals surface area contributed by atoms with Gasteiger partial charge >= 0.3 is 12.1 Å². The van der Waals surface area contributed by atoms with E-state index in [0.29, 0.717) is 16.1 Å². The van der Waals surface area contributed by atoms with Gasteiger partial charge in [-0.25, -0.2) is 19.2 Å². The molecule has 29 heavy (non-hydrogen) atoms. The lowest BCUT2D eigenvalue weighted by atomic mass is 9.96. The molecule has 0 aliphatic heterocycles. The molecular formula is C19H30N4O6. The number of pyridine rings is 1. The van der Waals surface area contributed by atoms with Gasteiger partial charge in [0, 0.05) is 12.6 Å². The van der Waals surface area contributed by atoms with E-state index >= 15 is 0 Å². The van der Waals surface area contributed by atoms with Crippen LogP contribution in [-0.4, -0.2) is 50.9 Å². The molecule has 1 aromatic rings. The number of imide groups is 2. The van der Waals surface area contributed by atoms with Gasteiger partial charge in [-0.05, 0) is 30.2 Å². The quantitative estimate of drug-likeness (QED) is 0.285. The fourth-order valence-electron chi connectivity index (χ4n) is 2.37. The van der Waals surface area contributed by atoms with Crippen molar-refractivity contribution in [2.75, 3.05) is 11.9 Å². The minimum Gasteiger partial charge on any atom is -0.711 e. The van der Waals surface area contributed by atoms with Crippen LogP contribution in [-0.2, 0) is 4.79 Å². The normalized spacial score (nSPS) is 12.4. The zero-order chi connectivity index (χ0) is 22.4. The van der Waals surface area contributed by atoms with Crippen molar-refractivity contribution in [1.29, 1.82) is 0 Å². The van der Waals surface area contributed by atoms with E-state index in [1.54, 1.807) is 20.8 Å². The van der Waals surface area contributed by atoms with Gasteiger partial charge in [-0.2, -0.15) is 5.32 Å². The number of amides is 5. The number of rotatable bonds is 6. The molecule has 1 heterocycles. The maximum absolute atomic E-state index is 12.6. The third-order valence-electron chi connectivity index (χ3n) is 3.86. The van der Waals surface area contributed by atoms with Gasteiger partial charge in [0.15, 0.2) is 0 Å². The average molecular weight is 410 g/mol. The van der Waals surface area contributed by atoms with Gasteiger partial charge in [-0.15, -0.1) is 5.06 Å². The number of urea groups is 2. The zero-order valence-electron chi connectivity index (χ0n) is 17.5. The molecular weight excluding hydrogens is 380 g/mol. The van der Waals surface area contributed by atoms with E-state index in [1.165, 1.54) is 24.4 Å². The summed E-state index contributed by atoms with van der Waals surface area (Å²) in [5, 5.41) is 33.8. The van der Waals surface area contributed by atoms with E-state index in [0.717, 1.165) is 0 Å². The number of hydrogen-bond donors (Lipinski definition) is 3. The molecule has 162 valence electrons. The summed E-state index contributed by atoms with van der Waals surface area (Å²) in [6, 6.07) is 2.01. The molecule has 3 N–H and O–H groups in total. The first-order valence-corrected chi connectivity index (χ1v) is 9.35. The minimum absolute atomic E-state index is 0.0620. The van der Waals surface area contributed by atoms with E-state index in [2.05, 4.69) is 5.32 Å². The highest BCUT2D eigenvalue weighted by Gasteiger charge is 2.37. The van der Waals surface area contributed by atoms with Crippen LogP contribution in [0.1, 0.15) is 47.5 Å². The van der Waals surface area contributed by atoms with Crippen molar-refractivity contribution >= 4 is 23.8 Å². The lowest BCUT2D eigenvalue weighted by molar-refractivity contribution is -0.590. The number of aliphatic hydroxyl groups is 1. The van der Waals surface area contributed by atoms with E-state index < -0.39 is 29.5 Å². The van der Waals surface area contributed by atoms with Crippen LogP contribution >= 0.6 is 0 Å². The summed E-state index contributed by atoms with van der Waals surface area (Å²) in [7, 11) is 0.